The molecule has 1 atom stereocenters. The van der Waals surface area contributed by atoms with Crippen molar-refractivity contribution in [2.45, 2.75) is 37.7 Å². The van der Waals surface area contributed by atoms with Crippen molar-refractivity contribution in [3.8, 4) is 5.75 Å². The average Bonchev–Trinajstić information content (AvgIpc) is 2.74. The van der Waals surface area contributed by atoms with Gasteiger partial charge in [-0.2, -0.15) is 4.31 Å². The molecule has 0 saturated carbocycles. The Bertz CT molecular complexity index is 1160. The lowest BCUT2D eigenvalue weighted by molar-refractivity contribution is -0.122. The summed E-state index contributed by atoms with van der Waals surface area (Å²) in [5.74, 6) is -0.265. The fraction of sp³-hybridized carbons (Fsp3) is 0.364. The number of hydrogen-bond acceptors (Lipinski definition) is 5. The van der Waals surface area contributed by atoms with Crippen molar-refractivity contribution in [1.29, 1.82) is 0 Å². The Hall–Kier alpha value is -2.91. The van der Waals surface area contributed by atoms with E-state index in [2.05, 4.69) is 5.32 Å². The summed E-state index contributed by atoms with van der Waals surface area (Å²) in [6.07, 6.45) is 1.02. The highest BCUT2D eigenvalue weighted by Gasteiger charge is 2.31. The number of nitrogens with one attached hydrogen (secondary N) is 1. The van der Waals surface area contributed by atoms with Gasteiger partial charge in [0.25, 0.3) is 5.91 Å². The van der Waals surface area contributed by atoms with Gasteiger partial charge >= 0.3 is 0 Å². The fourth-order valence-electron chi connectivity index (χ4n) is 3.94. The molecule has 0 radical (unpaired) electrons. The maximum atomic E-state index is 13.3. The van der Waals surface area contributed by atoms with Gasteiger partial charge in [-0.15, -0.1) is 0 Å². The summed E-state index contributed by atoms with van der Waals surface area (Å²) in [5, 5.41) is 2.71. The van der Waals surface area contributed by atoms with Crippen LogP contribution in [0.5, 0.6) is 5.75 Å². The van der Waals surface area contributed by atoms with Gasteiger partial charge in [0.1, 0.15) is 5.75 Å². The third-order valence-electron chi connectivity index (χ3n) is 5.67. The molecule has 0 fully saturated rings. The van der Waals surface area contributed by atoms with Crippen molar-refractivity contribution in [1.82, 2.24) is 4.31 Å². The number of rotatable bonds is 4. The zero-order valence-electron chi connectivity index (χ0n) is 17.7. The summed E-state index contributed by atoms with van der Waals surface area (Å²) in [7, 11) is -2.56. The van der Waals surface area contributed by atoms with E-state index in [4.69, 9.17) is 4.74 Å². The van der Waals surface area contributed by atoms with Crippen LogP contribution >= 0.6 is 0 Å². The summed E-state index contributed by atoms with van der Waals surface area (Å²) in [5.41, 5.74) is 2.82. The van der Waals surface area contributed by atoms with E-state index in [9.17, 15) is 18.0 Å². The van der Waals surface area contributed by atoms with Gasteiger partial charge in [0.15, 0.2) is 6.10 Å². The lowest BCUT2D eigenvalue weighted by Gasteiger charge is -2.31. The van der Waals surface area contributed by atoms with Gasteiger partial charge in [0.2, 0.25) is 15.9 Å². The molecule has 8 nitrogen and oxygen atoms in total. The van der Waals surface area contributed by atoms with E-state index in [0.29, 0.717) is 23.5 Å². The highest BCUT2D eigenvalue weighted by Crippen LogP contribution is 2.35. The molecule has 2 amide bonds. The number of anilines is 2. The molecular formula is C22H25N3O5S. The van der Waals surface area contributed by atoms with Crippen molar-refractivity contribution >= 4 is 33.2 Å². The molecule has 0 aliphatic carbocycles. The molecule has 2 aromatic carbocycles. The predicted octanol–water partition coefficient (Wildman–Crippen LogP) is 2.31. The number of aryl methyl sites for hydroxylation is 2. The second-order valence-corrected chi connectivity index (χ2v) is 9.92. The lowest BCUT2D eigenvalue weighted by Crippen LogP contribution is -2.43. The van der Waals surface area contributed by atoms with Gasteiger partial charge in [0.05, 0.1) is 17.1 Å². The zero-order chi connectivity index (χ0) is 22.3. The Morgan fingerprint density at radius 1 is 1.29 bits per heavy atom. The van der Waals surface area contributed by atoms with E-state index in [0.717, 1.165) is 28.4 Å². The van der Waals surface area contributed by atoms with E-state index in [1.807, 2.05) is 24.3 Å². The number of carbonyl (C=O) groups excluding carboxylic acids is 2. The summed E-state index contributed by atoms with van der Waals surface area (Å²) in [4.78, 5) is 26.5. The minimum absolute atomic E-state index is 0.0453. The first-order chi connectivity index (χ1) is 14.7. The molecule has 2 heterocycles. The number of para-hydroxylation sites is 1. The summed E-state index contributed by atoms with van der Waals surface area (Å²) >= 11 is 0. The van der Waals surface area contributed by atoms with Crippen LogP contribution in [0.2, 0.25) is 0 Å². The van der Waals surface area contributed by atoms with Crippen molar-refractivity contribution in [2.75, 3.05) is 30.4 Å². The van der Waals surface area contributed by atoms with Crippen LogP contribution in [0.25, 0.3) is 0 Å². The third kappa shape index (κ3) is 3.90. The Labute approximate surface area is 181 Å². The molecule has 0 saturated heterocycles. The van der Waals surface area contributed by atoms with E-state index in [1.165, 1.54) is 13.1 Å². The molecular weight excluding hydrogens is 418 g/mol. The Kier molecular flexibility index (Phi) is 5.49. The van der Waals surface area contributed by atoms with Gasteiger partial charge in [-0.1, -0.05) is 18.2 Å². The Balaban J connectivity index is 1.58. The number of carbonyl (C=O) groups is 2. The van der Waals surface area contributed by atoms with Gasteiger partial charge < -0.3 is 15.0 Å². The lowest BCUT2D eigenvalue weighted by atomic mass is 10.0. The van der Waals surface area contributed by atoms with Crippen LogP contribution in [-0.2, 0) is 26.0 Å². The largest absolute Gasteiger partial charge is 0.479 e. The van der Waals surface area contributed by atoms with Crippen molar-refractivity contribution < 1.29 is 22.7 Å². The molecule has 4 rings (SSSR count). The van der Waals surface area contributed by atoms with Crippen LogP contribution in [0.1, 0.15) is 24.5 Å². The quantitative estimate of drug-likeness (QED) is 0.782. The Morgan fingerprint density at radius 2 is 2.03 bits per heavy atom. The van der Waals surface area contributed by atoms with Gasteiger partial charge in [-0.3, -0.25) is 9.59 Å². The molecule has 0 spiro atoms. The van der Waals surface area contributed by atoms with Crippen molar-refractivity contribution in [3.63, 3.8) is 0 Å². The second-order valence-electron chi connectivity index (χ2n) is 7.90. The summed E-state index contributed by atoms with van der Waals surface area (Å²) < 4.78 is 33.1. The molecule has 0 aromatic heterocycles. The maximum absolute atomic E-state index is 13.3. The molecule has 2 aromatic rings. The van der Waals surface area contributed by atoms with Crippen LogP contribution in [0.4, 0.5) is 11.4 Å². The van der Waals surface area contributed by atoms with E-state index in [-0.39, 0.29) is 23.3 Å². The van der Waals surface area contributed by atoms with Gasteiger partial charge in [-0.05, 0) is 49.9 Å². The van der Waals surface area contributed by atoms with Crippen LogP contribution in [0.3, 0.4) is 0 Å². The number of ether oxygens (including phenoxy) is 1. The molecule has 31 heavy (non-hydrogen) atoms. The molecule has 2 aliphatic heterocycles. The molecule has 2 aliphatic rings. The van der Waals surface area contributed by atoms with E-state index < -0.39 is 16.1 Å². The van der Waals surface area contributed by atoms with Gasteiger partial charge in [-0.25, -0.2) is 8.42 Å². The second kappa shape index (κ2) is 7.97. The summed E-state index contributed by atoms with van der Waals surface area (Å²) in [6.45, 7) is 3.52. The smallest absolute Gasteiger partial charge is 0.265 e. The number of amides is 2. The Morgan fingerprint density at radius 3 is 2.81 bits per heavy atom. The highest BCUT2D eigenvalue weighted by molar-refractivity contribution is 7.89. The molecule has 164 valence electrons. The number of fused-ring (bicyclic) bond motifs is 2. The third-order valence-corrected chi connectivity index (χ3v) is 7.61. The fourth-order valence-corrected chi connectivity index (χ4v) is 5.28. The van der Waals surface area contributed by atoms with Crippen LogP contribution in [-0.4, -0.2) is 50.8 Å². The molecule has 1 unspecified atom stereocenters. The molecule has 1 N–H and O–H groups in total. The zero-order valence-corrected chi connectivity index (χ0v) is 18.5. The first-order valence-corrected chi connectivity index (χ1v) is 11.6. The minimum atomic E-state index is -3.95. The van der Waals surface area contributed by atoms with Crippen LogP contribution in [0.15, 0.2) is 41.3 Å². The van der Waals surface area contributed by atoms with Crippen molar-refractivity contribution in [2.24, 2.45) is 0 Å². The molecule has 0 bridgehead atoms. The normalized spacial score (nSPS) is 18.1. The molecule has 9 heteroatoms. The SMILES string of the molecule is Cc1cc2c(cc1S(=O)(=O)N(C)CC(=O)N1CCCc3ccccc31)OC(C)C(=O)N2. The first kappa shape index (κ1) is 21.3. The van der Waals surface area contributed by atoms with E-state index >= 15 is 0 Å². The maximum Gasteiger partial charge on any atom is 0.265 e. The number of sulfonamides is 1. The number of likely N-dealkylation sites (N-methyl/N-ethyl adjacent to an activating group) is 1. The average molecular weight is 444 g/mol. The van der Waals surface area contributed by atoms with Crippen molar-refractivity contribution in [3.05, 3.63) is 47.5 Å². The minimum Gasteiger partial charge on any atom is -0.479 e. The number of nitrogens with zero attached hydrogens (tertiary/aromatic N) is 2. The number of benzene rings is 2. The predicted molar refractivity (Wildman–Crippen MR) is 117 cm³/mol. The summed E-state index contributed by atoms with van der Waals surface area (Å²) in [6, 6.07) is 10.7. The van der Waals surface area contributed by atoms with Gasteiger partial charge in [0, 0.05) is 25.3 Å². The highest BCUT2D eigenvalue weighted by atomic mass is 32.2. The monoisotopic (exact) mass is 443 g/mol. The van der Waals surface area contributed by atoms with Crippen LogP contribution < -0.4 is 15.0 Å². The first-order valence-electron chi connectivity index (χ1n) is 10.2. The van der Waals surface area contributed by atoms with E-state index in [1.54, 1.807) is 24.8 Å². The standard InChI is InChI=1S/C22H25N3O5S/c1-14-11-17-19(30-15(2)22(27)23-17)12-20(14)31(28,29)24(3)13-21(26)25-10-6-8-16-7-4-5-9-18(16)25/h4-5,7,9,11-12,15H,6,8,10,13H2,1-3H3,(H,23,27). The number of hydrogen-bond donors (Lipinski definition) is 1. The topological polar surface area (TPSA) is 96.0 Å². The van der Waals surface area contributed by atoms with Crippen LogP contribution in [0, 0.1) is 6.92 Å².